The lowest BCUT2D eigenvalue weighted by molar-refractivity contribution is -0.138. The molecule has 2 aromatic heterocycles. The number of nitrogen functional groups attached to an aromatic ring is 1. The number of hydrogen-bond donors (Lipinski definition) is 3. The Labute approximate surface area is 205 Å². The van der Waals surface area contributed by atoms with E-state index in [0.29, 0.717) is 16.8 Å². The fourth-order valence-corrected chi connectivity index (χ4v) is 5.24. The van der Waals surface area contributed by atoms with Crippen LogP contribution >= 0.6 is 0 Å². The molecule has 1 aromatic carbocycles. The summed E-state index contributed by atoms with van der Waals surface area (Å²) in [5, 5.41) is 15.8. The third-order valence-corrected chi connectivity index (χ3v) is 7.28. The number of fused-ring (bicyclic) bond motifs is 1. The van der Waals surface area contributed by atoms with E-state index in [4.69, 9.17) is 11.0 Å². The van der Waals surface area contributed by atoms with Gasteiger partial charge in [0, 0.05) is 54.1 Å². The Morgan fingerprint density at radius 2 is 2.03 bits per heavy atom. The number of hydrogen-bond acceptors (Lipinski definition) is 7. The number of aryl methyl sites for hydroxylation is 1. The molecule has 3 heterocycles. The number of aromatic nitrogens is 2. The molecule has 2 amide bonds. The van der Waals surface area contributed by atoms with E-state index in [1.807, 2.05) is 31.2 Å². The van der Waals surface area contributed by atoms with Crippen molar-refractivity contribution in [3.63, 3.8) is 0 Å². The Hall–Kier alpha value is -3.88. The van der Waals surface area contributed by atoms with Gasteiger partial charge in [0.1, 0.15) is 5.82 Å². The third kappa shape index (κ3) is 4.99. The lowest BCUT2D eigenvalue weighted by atomic mass is 9.89. The maximum atomic E-state index is 12.6. The van der Waals surface area contributed by atoms with Crippen molar-refractivity contribution in [2.24, 2.45) is 0 Å². The van der Waals surface area contributed by atoms with Crippen LogP contribution in [0.1, 0.15) is 18.9 Å². The number of anilines is 2. The molecular formula is C24H25N7O3S. The Bertz CT molecular complexity index is 1380. The number of nitrogens with zero attached hydrogens (tertiary/aromatic N) is 4. The van der Waals surface area contributed by atoms with E-state index in [0.717, 1.165) is 22.1 Å². The first-order valence-electron chi connectivity index (χ1n) is 11.0. The van der Waals surface area contributed by atoms with Crippen molar-refractivity contribution < 1.29 is 13.8 Å². The summed E-state index contributed by atoms with van der Waals surface area (Å²) in [7, 11) is -1.18. The average molecular weight is 492 g/mol. The smallest absolute Gasteiger partial charge is 0.314 e. The first-order chi connectivity index (χ1) is 16.7. The monoisotopic (exact) mass is 491 g/mol. The predicted molar refractivity (Wildman–Crippen MR) is 134 cm³/mol. The minimum atomic E-state index is -1.18. The van der Waals surface area contributed by atoms with Crippen molar-refractivity contribution in [3.8, 4) is 17.2 Å². The zero-order valence-corrected chi connectivity index (χ0v) is 20.2. The minimum Gasteiger partial charge on any atom is -0.398 e. The van der Waals surface area contributed by atoms with Gasteiger partial charge >= 0.3 is 11.8 Å². The molecule has 0 bridgehead atoms. The molecule has 35 heavy (non-hydrogen) atoms. The van der Waals surface area contributed by atoms with E-state index in [1.54, 1.807) is 35.9 Å². The topological polar surface area (TPSA) is 154 Å². The summed E-state index contributed by atoms with van der Waals surface area (Å²) in [6.07, 6.45) is 5.03. The molecule has 1 atom stereocenters. The second kappa shape index (κ2) is 9.77. The van der Waals surface area contributed by atoms with Crippen molar-refractivity contribution >= 4 is 45.1 Å². The van der Waals surface area contributed by atoms with Gasteiger partial charge in [-0.3, -0.25) is 14.6 Å². The molecule has 1 unspecified atom stereocenters. The molecule has 1 saturated heterocycles. The van der Waals surface area contributed by atoms with E-state index in [-0.39, 0.29) is 25.3 Å². The first-order valence-corrected chi connectivity index (χ1v) is 12.3. The molecule has 0 saturated carbocycles. The maximum Gasteiger partial charge on any atom is 0.314 e. The standard InChI is InChI=1S/C24H25N7O3S/c1-3-35(34)31-13-24(14-31,5-6-25)30-23(33)22(32)29-21-10-17-8-16(9-20(26)19(17)12-28-21)18-11-27-7-4-15(18)2/h4,7-12H,3,5,13-14,26H2,1-2H3,(H,30,33)(H,28,29,32). The van der Waals surface area contributed by atoms with Gasteiger partial charge in [0.15, 0.2) is 0 Å². The van der Waals surface area contributed by atoms with Crippen LogP contribution in [0.15, 0.2) is 42.9 Å². The Morgan fingerprint density at radius 1 is 1.26 bits per heavy atom. The summed E-state index contributed by atoms with van der Waals surface area (Å²) in [4.78, 5) is 33.6. The van der Waals surface area contributed by atoms with Crippen LogP contribution in [-0.2, 0) is 20.6 Å². The van der Waals surface area contributed by atoms with Crippen molar-refractivity contribution in [1.29, 1.82) is 5.26 Å². The van der Waals surface area contributed by atoms with Crippen LogP contribution in [-0.4, -0.2) is 54.7 Å². The highest BCUT2D eigenvalue weighted by Crippen LogP contribution is 2.31. The summed E-state index contributed by atoms with van der Waals surface area (Å²) in [6, 6.07) is 9.36. The van der Waals surface area contributed by atoms with Gasteiger partial charge in [-0.1, -0.05) is 6.92 Å². The van der Waals surface area contributed by atoms with Crippen LogP contribution in [0.2, 0.25) is 0 Å². The first kappa shape index (κ1) is 24.3. The van der Waals surface area contributed by atoms with Gasteiger partial charge in [-0.05, 0) is 47.7 Å². The highest BCUT2D eigenvalue weighted by atomic mass is 32.2. The Kier molecular flexibility index (Phi) is 6.77. The fraction of sp³-hybridized carbons (Fsp3) is 0.292. The van der Waals surface area contributed by atoms with Crippen LogP contribution in [0.25, 0.3) is 21.9 Å². The number of pyridine rings is 2. The number of nitriles is 1. The summed E-state index contributed by atoms with van der Waals surface area (Å²) >= 11 is 0. The molecule has 3 aromatic rings. The summed E-state index contributed by atoms with van der Waals surface area (Å²) in [6.45, 7) is 4.25. The van der Waals surface area contributed by atoms with Crippen LogP contribution < -0.4 is 16.4 Å². The van der Waals surface area contributed by atoms with Gasteiger partial charge in [0.05, 0.1) is 29.0 Å². The van der Waals surface area contributed by atoms with E-state index < -0.39 is 28.3 Å². The summed E-state index contributed by atoms with van der Waals surface area (Å²) in [5.74, 6) is -1.16. The lowest BCUT2D eigenvalue weighted by Gasteiger charge is -2.47. The van der Waals surface area contributed by atoms with E-state index in [1.165, 1.54) is 0 Å². The second-order valence-corrected chi connectivity index (χ2v) is 10.2. The number of carbonyl (C=O) groups is 2. The number of rotatable bonds is 6. The summed E-state index contributed by atoms with van der Waals surface area (Å²) < 4.78 is 13.6. The van der Waals surface area contributed by atoms with Gasteiger partial charge in [0.25, 0.3) is 0 Å². The SMILES string of the molecule is CCS(=O)N1CC(CC#N)(NC(=O)C(=O)Nc2cc3cc(-c4cnccc4C)cc(N)c3cn2)C1. The van der Waals surface area contributed by atoms with Gasteiger partial charge in [0.2, 0.25) is 0 Å². The summed E-state index contributed by atoms with van der Waals surface area (Å²) in [5.41, 5.74) is 8.72. The zero-order chi connectivity index (χ0) is 25.2. The number of nitrogens with two attached hydrogens (primary N) is 1. The minimum absolute atomic E-state index is 0.00741. The predicted octanol–water partition coefficient (Wildman–Crippen LogP) is 1.89. The van der Waals surface area contributed by atoms with Crippen molar-refractivity contribution in [2.75, 3.05) is 29.9 Å². The largest absolute Gasteiger partial charge is 0.398 e. The molecule has 0 radical (unpaired) electrons. The van der Waals surface area contributed by atoms with E-state index in [2.05, 4.69) is 20.6 Å². The highest BCUT2D eigenvalue weighted by Gasteiger charge is 2.47. The molecule has 10 nitrogen and oxygen atoms in total. The Balaban J connectivity index is 1.51. The molecule has 11 heteroatoms. The molecule has 1 aliphatic rings. The molecule has 1 fully saturated rings. The molecule has 0 aliphatic carbocycles. The molecule has 180 valence electrons. The van der Waals surface area contributed by atoms with Crippen LogP contribution in [0, 0.1) is 18.3 Å². The maximum absolute atomic E-state index is 12.6. The molecular weight excluding hydrogens is 466 g/mol. The molecule has 1 aliphatic heterocycles. The number of amides is 2. The van der Waals surface area contributed by atoms with Gasteiger partial charge in [-0.2, -0.15) is 5.26 Å². The average Bonchev–Trinajstić information content (AvgIpc) is 2.81. The number of benzene rings is 1. The highest BCUT2D eigenvalue weighted by molar-refractivity contribution is 7.82. The van der Waals surface area contributed by atoms with Crippen LogP contribution in [0.3, 0.4) is 0 Å². The van der Waals surface area contributed by atoms with Crippen LogP contribution in [0.5, 0.6) is 0 Å². The number of carbonyl (C=O) groups excluding carboxylic acids is 2. The molecule has 4 N–H and O–H groups in total. The zero-order valence-electron chi connectivity index (χ0n) is 19.4. The molecule has 0 spiro atoms. The van der Waals surface area contributed by atoms with E-state index >= 15 is 0 Å². The third-order valence-electron chi connectivity index (χ3n) is 5.96. The Morgan fingerprint density at radius 3 is 2.71 bits per heavy atom. The van der Waals surface area contributed by atoms with Gasteiger partial charge in [-0.25, -0.2) is 13.5 Å². The van der Waals surface area contributed by atoms with Crippen molar-refractivity contribution in [1.82, 2.24) is 19.6 Å². The number of nitrogens with one attached hydrogen (secondary N) is 2. The quantitative estimate of drug-likeness (QED) is 0.351. The normalized spacial score (nSPS) is 15.6. The van der Waals surface area contributed by atoms with Gasteiger partial charge in [-0.15, -0.1) is 0 Å². The van der Waals surface area contributed by atoms with Crippen molar-refractivity contribution in [3.05, 3.63) is 48.4 Å². The van der Waals surface area contributed by atoms with Gasteiger partial charge < -0.3 is 16.4 Å². The fourth-order valence-electron chi connectivity index (χ4n) is 4.09. The molecule has 4 rings (SSSR count). The van der Waals surface area contributed by atoms with Crippen molar-refractivity contribution in [2.45, 2.75) is 25.8 Å². The van der Waals surface area contributed by atoms with E-state index in [9.17, 15) is 13.8 Å². The van der Waals surface area contributed by atoms with Crippen LogP contribution in [0.4, 0.5) is 11.5 Å². The second-order valence-electron chi connectivity index (χ2n) is 8.48. The lowest BCUT2D eigenvalue weighted by Crippen LogP contribution is -2.71.